The maximum absolute atomic E-state index is 5.54. The van der Waals surface area contributed by atoms with E-state index in [9.17, 15) is 0 Å². The number of ether oxygens (including phenoxy) is 1. The van der Waals surface area contributed by atoms with E-state index in [1.807, 2.05) is 6.92 Å². The quantitative estimate of drug-likeness (QED) is 0.832. The Hall–Kier alpha value is -1.00. The van der Waals surface area contributed by atoms with Crippen molar-refractivity contribution < 1.29 is 4.74 Å². The second-order valence-electron chi connectivity index (χ2n) is 4.28. The normalized spacial score (nSPS) is 17.6. The maximum atomic E-state index is 5.54. The van der Waals surface area contributed by atoms with E-state index in [1.165, 1.54) is 5.69 Å². The lowest BCUT2D eigenvalue weighted by molar-refractivity contribution is 0.0844. The molecular weight excluding hydrogens is 202 g/mol. The number of hydrogen-bond acceptors (Lipinski definition) is 4. The Labute approximate surface area is 96.2 Å². The molecule has 0 spiro atoms. The molecule has 0 saturated carbocycles. The van der Waals surface area contributed by atoms with Crippen LogP contribution in [0.1, 0.15) is 36.0 Å². The van der Waals surface area contributed by atoms with E-state index in [2.05, 4.69) is 16.0 Å². The molecule has 0 bridgehead atoms. The highest BCUT2D eigenvalue weighted by Gasteiger charge is 2.18. The van der Waals surface area contributed by atoms with Crippen molar-refractivity contribution in [2.75, 3.05) is 19.8 Å². The second kappa shape index (κ2) is 5.37. The highest BCUT2D eigenvalue weighted by Crippen LogP contribution is 2.25. The lowest BCUT2D eigenvalue weighted by Gasteiger charge is -2.22. The van der Waals surface area contributed by atoms with Crippen LogP contribution in [0.5, 0.6) is 0 Å². The molecule has 0 amide bonds. The van der Waals surface area contributed by atoms with Gasteiger partial charge in [-0.3, -0.25) is 0 Å². The van der Waals surface area contributed by atoms with Crippen LogP contribution in [0, 0.1) is 6.92 Å². The molecule has 1 saturated heterocycles. The first-order valence-corrected chi connectivity index (χ1v) is 5.92. The molecule has 0 aromatic carbocycles. The van der Waals surface area contributed by atoms with Gasteiger partial charge >= 0.3 is 0 Å². The standard InChI is InChI=1S/C12H19N3O/c1-9-8-11(10-3-6-16-7-4-10)15-12(14-9)2-5-13/h8,10H,2-7,13H2,1H3. The van der Waals surface area contributed by atoms with Crippen molar-refractivity contribution in [1.29, 1.82) is 0 Å². The van der Waals surface area contributed by atoms with Crippen LogP contribution in [0.3, 0.4) is 0 Å². The third-order valence-electron chi connectivity index (χ3n) is 2.93. The molecule has 0 radical (unpaired) electrons. The zero-order valence-corrected chi connectivity index (χ0v) is 9.78. The first kappa shape index (κ1) is 11.5. The summed E-state index contributed by atoms with van der Waals surface area (Å²) in [5.41, 5.74) is 7.75. The van der Waals surface area contributed by atoms with Crippen molar-refractivity contribution in [3.05, 3.63) is 23.3 Å². The molecule has 4 heteroatoms. The molecule has 1 aliphatic rings. The van der Waals surface area contributed by atoms with E-state index in [0.717, 1.165) is 44.0 Å². The number of hydrogen-bond donors (Lipinski definition) is 1. The third-order valence-corrected chi connectivity index (χ3v) is 2.93. The Morgan fingerprint density at radius 1 is 1.38 bits per heavy atom. The average molecular weight is 221 g/mol. The zero-order valence-electron chi connectivity index (χ0n) is 9.78. The van der Waals surface area contributed by atoms with Crippen molar-refractivity contribution >= 4 is 0 Å². The van der Waals surface area contributed by atoms with Crippen LogP contribution in [-0.4, -0.2) is 29.7 Å². The predicted molar refractivity (Wildman–Crippen MR) is 62.3 cm³/mol. The SMILES string of the molecule is Cc1cc(C2CCOCC2)nc(CCN)n1. The van der Waals surface area contributed by atoms with Crippen LogP contribution < -0.4 is 5.73 Å². The Morgan fingerprint density at radius 2 is 2.12 bits per heavy atom. The van der Waals surface area contributed by atoms with Gasteiger partial charge in [-0.2, -0.15) is 0 Å². The van der Waals surface area contributed by atoms with Crippen LogP contribution in [0.25, 0.3) is 0 Å². The minimum absolute atomic E-state index is 0.534. The van der Waals surface area contributed by atoms with Gasteiger partial charge in [0.1, 0.15) is 5.82 Å². The van der Waals surface area contributed by atoms with Crippen molar-refractivity contribution in [3.63, 3.8) is 0 Å². The number of rotatable bonds is 3. The van der Waals surface area contributed by atoms with Gasteiger partial charge in [0, 0.05) is 36.9 Å². The number of aryl methyl sites for hydroxylation is 1. The summed E-state index contributed by atoms with van der Waals surface area (Å²) in [6.45, 7) is 4.32. The van der Waals surface area contributed by atoms with E-state index in [1.54, 1.807) is 0 Å². The summed E-state index contributed by atoms with van der Waals surface area (Å²) in [5, 5.41) is 0. The molecule has 1 aromatic rings. The molecule has 2 heterocycles. The van der Waals surface area contributed by atoms with Gasteiger partial charge in [0.15, 0.2) is 0 Å². The molecule has 16 heavy (non-hydrogen) atoms. The molecule has 0 unspecified atom stereocenters. The first-order chi connectivity index (χ1) is 7.79. The van der Waals surface area contributed by atoms with Crippen LogP contribution in [0.2, 0.25) is 0 Å². The van der Waals surface area contributed by atoms with E-state index < -0.39 is 0 Å². The van der Waals surface area contributed by atoms with Gasteiger partial charge in [0.25, 0.3) is 0 Å². The monoisotopic (exact) mass is 221 g/mol. The average Bonchev–Trinajstić information content (AvgIpc) is 2.30. The molecule has 1 aliphatic heterocycles. The summed E-state index contributed by atoms with van der Waals surface area (Å²) < 4.78 is 5.37. The van der Waals surface area contributed by atoms with E-state index in [4.69, 9.17) is 10.5 Å². The smallest absolute Gasteiger partial charge is 0.130 e. The Balaban J connectivity index is 2.18. The van der Waals surface area contributed by atoms with Gasteiger partial charge in [-0.1, -0.05) is 0 Å². The second-order valence-corrected chi connectivity index (χ2v) is 4.28. The number of nitrogens with zero attached hydrogens (tertiary/aromatic N) is 2. The fourth-order valence-corrected chi connectivity index (χ4v) is 2.10. The molecule has 88 valence electrons. The van der Waals surface area contributed by atoms with Crippen molar-refractivity contribution in [3.8, 4) is 0 Å². The number of aromatic nitrogens is 2. The summed E-state index contributed by atoms with van der Waals surface area (Å²) in [5.74, 6) is 1.41. The lowest BCUT2D eigenvalue weighted by atomic mass is 9.96. The summed E-state index contributed by atoms with van der Waals surface area (Å²) in [7, 11) is 0. The Bertz CT molecular complexity index is 348. The van der Waals surface area contributed by atoms with Crippen molar-refractivity contribution in [2.24, 2.45) is 5.73 Å². The molecule has 1 aromatic heterocycles. The van der Waals surface area contributed by atoms with Crippen LogP contribution in [0.15, 0.2) is 6.07 Å². The summed E-state index contributed by atoms with van der Waals surface area (Å²) in [6.07, 6.45) is 2.90. The largest absolute Gasteiger partial charge is 0.381 e. The van der Waals surface area contributed by atoms with Gasteiger partial charge in [-0.05, 0) is 32.4 Å². The van der Waals surface area contributed by atoms with E-state index >= 15 is 0 Å². The van der Waals surface area contributed by atoms with Crippen LogP contribution in [-0.2, 0) is 11.2 Å². The van der Waals surface area contributed by atoms with E-state index in [-0.39, 0.29) is 0 Å². The summed E-state index contributed by atoms with van der Waals surface area (Å²) in [4.78, 5) is 9.00. The zero-order chi connectivity index (χ0) is 11.4. The molecule has 4 nitrogen and oxygen atoms in total. The molecule has 1 fully saturated rings. The molecule has 0 atom stereocenters. The van der Waals surface area contributed by atoms with Gasteiger partial charge < -0.3 is 10.5 Å². The predicted octanol–water partition coefficient (Wildman–Crippen LogP) is 1.18. The first-order valence-electron chi connectivity index (χ1n) is 5.92. The highest BCUT2D eigenvalue weighted by atomic mass is 16.5. The van der Waals surface area contributed by atoms with Crippen molar-refractivity contribution in [2.45, 2.75) is 32.1 Å². The van der Waals surface area contributed by atoms with Crippen LogP contribution in [0.4, 0.5) is 0 Å². The minimum Gasteiger partial charge on any atom is -0.381 e. The third kappa shape index (κ3) is 2.77. The van der Waals surface area contributed by atoms with E-state index in [0.29, 0.717) is 12.5 Å². The van der Waals surface area contributed by atoms with Gasteiger partial charge in [-0.15, -0.1) is 0 Å². The molecular formula is C12H19N3O. The molecule has 0 aliphatic carbocycles. The van der Waals surface area contributed by atoms with Gasteiger partial charge in [0.05, 0.1) is 0 Å². The molecule has 2 N–H and O–H groups in total. The Morgan fingerprint density at radius 3 is 2.81 bits per heavy atom. The fraction of sp³-hybridized carbons (Fsp3) is 0.667. The van der Waals surface area contributed by atoms with Crippen molar-refractivity contribution in [1.82, 2.24) is 9.97 Å². The fourth-order valence-electron chi connectivity index (χ4n) is 2.10. The van der Waals surface area contributed by atoms with Gasteiger partial charge in [-0.25, -0.2) is 9.97 Å². The topological polar surface area (TPSA) is 61.0 Å². The van der Waals surface area contributed by atoms with Gasteiger partial charge in [0.2, 0.25) is 0 Å². The Kier molecular flexibility index (Phi) is 3.85. The highest BCUT2D eigenvalue weighted by molar-refractivity contribution is 5.15. The summed E-state index contributed by atoms with van der Waals surface area (Å²) >= 11 is 0. The maximum Gasteiger partial charge on any atom is 0.130 e. The molecule has 2 rings (SSSR count). The minimum atomic E-state index is 0.534. The summed E-state index contributed by atoms with van der Waals surface area (Å²) in [6, 6.07) is 2.09. The number of nitrogens with two attached hydrogens (primary N) is 1. The lowest BCUT2D eigenvalue weighted by Crippen LogP contribution is -2.17. The van der Waals surface area contributed by atoms with Crippen LogP contribution >= 0.6 is 0 Å².